The van der Waals surface area contributed by atoms with Gasteiger partial charge in [-0.25, -0.2) is 0 Å². The number of halogens is 3. The summed E-state index contributed by atoms with van der Waals surface area (Å²) in [5, 5.41) is 0. The third kappa shape index (κ3) is 8.08. The topological polar surface area (TPSA) is 55.6 Å². The number of carbonyl (C=O) groups is 1. The van der Waals surface area contributed by atoms with Gasteiger partial charge in [0.15, 0.2) is 6.61 Å². The minimum Gasteiger partial charge on any atom is -0.484 e. The molecule has 0 radical (unpaired) electrons. The van der Waals surface area contributed by atoms with E-state index in [0.717, 1.165) is 18.5 Å². The number of primary amides is 1. The second-order valence-corrected chi connectivity index (χ2v) is 7.02. The number of ether oxygens (including phenoxy) is 1. The number of alkyl halides is 3. The zero-order valence-electron chi connectivity index (χ0n) is 14.9. The molecule has 0 aliphatic heterocycles. The van der Waals surface area contributed by atoms with E-state index < -0.39 is 18.7 Å². The predicted molar refractivity (Wildman–Crippen MR) is 93.7 cm³/mol. The number of hydrogen-bond acceptors (Lipinski definition) is 3. The lowest BCUT2D eigenvalue weighted by atomic mass is 9.87. The van der Waals surface area contributed by atoms with Crippen molar-refractivity contribution in [3.63, 3.8) is 0 Å². The zero-order chi connectivity index (χ0) is 19.0. The lowest BCUT2D eigenvalue weighted by Crippen LogP contribution is -2.35. The van der Waals surface area contributed by atoms with Crippen LogP contribution in [0, 0.1) is 5.92 Å². The Balaban J connectivity index is 1.92. The Morgan fingerprint density at radius 3 is 2.62 bits per heavy atom. The zero-order valence-corrected chi connectivity index (χ0v) is 14.9. The molecule has 1 fully saturated rings. The second kappa shape index (κ2) is 9.80. The second-order valence-electron chi connectivity index (χ2n) is 7.02. The van der Waals surface area contributed by atoms with Crippen LogP contribution in [0.15, 0.2) is 24.3 Å². The van der Waals surface area contributed by atoms with Gasteiger partial charge >= 0.3 is 6.18 Å². The summed E-state index contributed by atoms with van der Waals surface area (Å²) in [4.78, 5) is 13.3. The molecule has 26 heavy (non-hydrogen) atoms. The van der Waals surface area contributed by atoms with Crippen LogP contribution in [0.1, 0.15) is 44.1 Å². The summed E-state index contributed by atoms with van der Waals surface area (Å²) in [6.07, 6.45) is 2.92. The van der Waals surface area contributed by atoms with Gasteiger partial charge in [-0.3, -0.25) is 9.69 Å². The summed E-state index contributed by atoms with van der Waals surface area (Å²) >= 11 is 0. The Bertz CT molecular complexity index is 572. The quantitative estimate of drug-likeness (QED) is 0.716. The Hall–Kier alpha value is -1.76. The lowest BCUT2D eigenvalue weighted by Gasteiger charge is -2.26. The van der Waals surface area contributed by atoms with Crippen molar-refractivity contribution in [1.29, 1.82) is 0 Å². The van der Waals surface area contributed by atoms with Crippen LogP contribution in [0.3, 0.4) is 0 Å². The smallest absolute Gasteiger partial charge is 0.422 e. The van der Waals surface area contributed by atoms with E-state index >= 15 is 0 Å². The minimum absolute atomic E-state index is 0.139. The summed E-state index contributed by atoms with van der Waals surface area (Å²) in [6, 6.07) is 6.55. The molecule has 0 heterocycles. The molecule has 1 saturated carbocycles. The molecule has 1 aromatic carbocycles. The van der Waals surface area contributed by atoms with Gasteiger partial charge in [0, 0.05) is 6.54 Å². The first-order chi connectivity index (χ1) is 12.3. The maximum Gasteiger partial charge on any atom is 0.422 e. The van der Waals surface area contributed by atoms with Gasteiger partial charge < -0.3 is 10.5 Å². The maximum atomic E-state index is 12.3. The van der Waals surface area contributed by atoms with E-state index in [1.54, 1.807) is 12.1 Å². The molecule has 2 N–H and O–H groups in total. The van der Waals surface area contributed by atoms with Crippen molar-refractivity contribution in [3.8, 4) is 5.75 Å². The van der Waals surface area contributed by atoms with Crippen LogP contribution in [0.2, 0.25) is 0 Å². The number of rotatable bonds is 9. The van der Waals surface area contributed by atoms with Gasteiger partial charge in [-0.05, 0) is 36.6 Å². The summed E-state index contributed by atoms with van der Waals surface area (Å²) in [7, 11) is 0. The highest BCUT2D eigenvalue weighted by Crippen LogP contribution is 2.27. The molecule has 0 atom stereocenters. The first-order valence-corrected chi connectivity index (χ1v) is 9.11. The van der Waals surface area contributed by atoms with Crippen molar-refractivity contribution in [2.45, 2.75) is 51.2 Å². The Morgan fingerprint density at radius 2 is 1.96 bits per heavy atom. The fraction of sp³-hybridized carbons (Fsp3) is 0.632. The molecule has 146 valence electrons. The fourth-order valence-electron chi connectivity index (χ4n) is 3.43. The van der Waals surface area contributed by atoms with Crippen LogP contribution in [0.25, 0.3) is 0 Å². The average molecular weight is 372 g/mol. The van der Waals surface area contributed by atoms with Crippen LogP contribution < -0.4 is 10.5 Å². The van der Waals surface area contributed by atoms with E-state index in [4.69, 9.17) is 10.5 Å². The summed E-state index contributed by atoms with van der Waals surface area (Å²) < 4.78 is 41.7. The molecule has 0 bridgehead atoms. The molecule has 0 aromatic heterocycles. The van der Waals surface area contributed by atoms with Crippen molar-refractivity contribution in [3.05, 3.63) is 29.8 Å². The Labute approximate surface area is 152 Å². The van der Waals surface area contributed by atoms with Gasteiger partial charge in [0.2, 0.25) is 5.91 Å². The molecule has 0 spiro atoms. The average Bonchev–Trinajstić information content (AvgIpc) is 2.58. The third-order valence-electron chi connectivity index (χ3n) is 4.66. The van der Waals surface area contributed by atoms with Gasteiger partial charge in [0.05, 0.1) is 6.54 Å². The van der Waals surface area contributed by atoms with Gasteiger partial charge in [0.1, 0.15) is 5.75 Å². The van der Waals surface area contributed by atoms with Gasteiger partial charge in [-0.1, -0.05) is 44.2 Å². The van der Waals surface area contributed by atoms with Crippen molar-refractivity contribution in [2.75, 3.05) is 19.7 Å². The summed E-state index contributed by atoms with van der Waals surface area (Å²) in [5.74, 6) is 0.449. The van der Waals surface area contributed by atoms with E-state index in [1.165, 1.54) is 38.2 Å². The van der Waals surface area contributed by atoms with Crippen molar-refractivity contribution >= 4 is 5.91 Å². The number of carbonyl (C=O) groups excluding carboxylic acids is 1. The molecule has 1 aliphatic rings. The van der Waals surface area contributed by atoms with Crippen molar-refractivity contribution < 1.29 is 22.7 Å². The number of hydrogen-bond donors (Lipinski definition) is 1. The molecule has 1 aromatic rings. The van der Waals surface area contributed by atoms with Crippen LogP contribution in [-0.4, -0.2) is 36.7 Å². The molecule has 1 aliphatic carbocycles. The first-order valence-electron chi connectivity index (χ1n) is 9.11. The Morgan fingerprint density at radius 1 is 1.23 bits per heavy atom. The van der Waals surface area contributed by atoms with E-state index in [2.05, 4.69) is 0 Å². The summed E-state index contributed by atoms with van der Waals surface area (Å²) in [5.41, 5.74) is 6.15. The van der Waals surface area contributed by atoms with E-state index in [9.17, 15) is 18.0 Å². The minimum atomic E-state index is -4.37. The van der Waals surface area contributed by atoms with E-state index in [1.807, 2.05) is 11.0 Å². The Kier molecular flexibility index (Phi) is 7.75. The molecule has 1 amide bonds. The maximum absolute atomic E-state index is 12.3. The van der Waals surface area contributed by atoms with E-state index in [0.29, 0.717) is 12.5 Å². The lowest BCUT2D eigenvalue weighted by molar-refractivity contribution is -0.153. The third-order valence-corrected chi connectivity index (χ3v) is 4.66. The molecule has 4 nitrogen and oxygen atoms in total. The largest absolute Gasteiger partial charge is 0.484 e. The number of amides is 1. The van der Waals surface area contributed by atoms with E-state index in [-0.39, 0.29) is 12.3 Å². The van der Waals surface area contributed by atoms with Crippen molar-refractivity contribution in [2.24, 2.45) is 11.7 Å². The summed E-state index contributed by atoms with van der Waals surface area (Å²) in [6.45, 7) is 0.0314. The highest BCUT2D eigenvalue weighted by atomic mass is 19.4. The normalized spacial score (nSPS) is 16.0. The highest BCUT2D eigenvalue weighted by molar-refractivity contribution is 5.75. The molecule has 2 rings (SSSR count). The fourth-order valence-corrected chi connectivity index (χ4v) is 3.43. The molecule has 0 saturated heterocycles. The van der Waals surface area contributed by atoms with Crippen LogP contribution in [0.5, 0.6) is 5.75 Å². The van der Waals surface area contributed by atoms with Crippen LogP contribution in [0.4, 0.5) is 13.2 Å². The highest BCUT2D eigenvalue weighted by Gasteiger charge is 2.28. The van der Waals surface area contributed by atoms with Gasteiger partial charge in [0.25, 0.3) is 0 Å². The molecule has 0 unspecified atom stereocenters. The first kappa shape index (κ1) is 20.6. The van der Waals surface area contributed by atoms with Gasteiger partial charge in [-0.15, -0.1) is 0 Å². The molecule has 7 heteroatoms. The van der Waals surface area contributed by atoms with Crippen LogP contribution in [-0.2, 0) is 11.3 Å². The van der Waals surface area contributed by atoms with Crippen molar-refractivity contribution in [1.82, 2.24) is 4.90 Å². The molecular formula is C19H27F3N2O2. The van der Waals surface area contributed by atoms with Crippen LogP contribution >= 0.6 is 0 Å². The number of nitrogens with two attached hydrogens (primary N) is 1. The molecular weight excluding hydrogens is 345 g/mol. The SMILES string of the molecule is NC(=O)CN(CCC1CCCCC1)Cc1cccc(OCC(F)(F)F)c1. The standard InChI is InChI=1S/C19H27F3N2O2/c20-19(21,22)14-26-17-8-4-7-16(11-17)12-24(13-18(23)25)10-9-15-5-2-1-3-6-15/h4,7-8,11,15H,1-3,5-6,9-10,12-14H2,(H2,23,25). The predicted octanol–water partition coefficient (Wildman–Crippen LogP) is 3.89. The number of benzene rings is 1. The van der Waals surface area contributed by atoms with Gasteiger partial charge in [-0.2, -0.15) is 13.2 Å². The number of nitrogens with zero attached hydrogens (tertiary/aromatic N) is 1. The monoisotopic (exact) mass is 372 g/mol.